The number of rotatable bonds is 6. The Morgan fingerprint density at radius 2 is 2.00 bits per heavy atom. The van der Waals surface area contributed by atoms with Crippen LogP contribution in [0.2, 0.25) is 10.0 Å². The van der Waals surface area contributed by atoms with Crippen LogP contribution in [0.1, 0.15) is 13.8 Å². The van der Waals surface area contributed by atoms with Gasteiger partial charge in [0.25, 0.3) is 0 Å². The third-order valence-corrected chi connectivity index (χ3v) is 4.95. The van der Waals surface area contributed by atoms with Crippen molar-refractivity contribution in [1.82, 2.24) is 9.97 Å². The minimum Gasteiger partial charge on any atom is -0.494 e. The molecule has 0 aliphatic heterocycles. The first-order chi connectivity index (χ1) is 12.4. The van der Waals surface area contributed by atoms with Gasteiger partial charge >= 0.3 is 0 Å². The number of aromatic nitrogens is 2. The molecule has 3 rings (SSSR count). The van der Waals surface area contributed by atoms with E-state index in [0.29, 0.717) is 27.5 Å². The van der Waals surface area contributed by atoms with Gasteiger partial charge in [-0.1, -0.05) is 35.0 Å². The number of nitrogens with zero attached hydrogens (tertiary/aromatic N) is 1. The highest BCUT2D eigenvalue weighted by Gasteiger charge is 2.17. The Labute approximate surface area is 165 Å². The summed E-state index contributed by atoms with van der Waals surface area (Å²) >= 11 is 13.3. The molecule has 136 valence electrons. The molecule has 1 unspecified atom stereocenters. The van der Waals surface area contributed by atoms with E-state index in [1.807, 2.05) is 32.0 Å². The number of aromatic amines is 1. The molecule has 26 heavy (non-hydrogen) atoms. The topological polar surface area (TPSA) is 67.0 Å². The molecule has 2 N–H and O–H groups in total. The molecule has 1 amide bonds. The monoisotopic (exact) mass is 409 g/mol. The zero-order valence-corrected chi connectivity index (χ0v) is 16.5. The van der Waals surface area contributed by atoms with Crippen LogP contribution in [-0.2, 0) is 4.79 Å². The van der Waals surface area contributed by atoms with Gasteiger partial charge in [-0.2, -0.15) is 0 Å². The average Bonchev–Trinajstić information content (AvgIpc) is 2.95. The van der Waals surface area contributed by atoms with Gasteiger partial charge in [0.1, 0.15) is 5.75 Å². The Morgan fingerprint density at radius 1 is 1.27 bits per heavy atom. The highest BCUT2D eigenvalue weighted by molar-refractivity contribution is 8.00. The van der Waals surface area contributed by atoms with Gasteiger partial charge in [-0.3, -0.25) is 4.79 Å². The maximum Gasteiger partial charge on any atom is 0.237 e. The molecule has 8 heteroatoms. The van der Waals surface area contributed by atoms with Crippen molar-refractivity contribution in [1.29, 1.82) is 0 Å². The number of imidazole rings is 1. The van der Waals surface area contributed by atoms with Gasteiger partial charge in [-0.05, 0) is 44.2 Å². The number of H-pyrrole nitrogens is 1. The second-order valence-electron chi connectivity index (χ2n) is 5.56. The van der Waals surface area contributed by atoms with E-state index in [2.05, 4.69) is 15.3 Å². The molecule has 1 heterocycles. The molecule has 0 spiro atoms. The van der Waals surface area contributed by atoms with Gasteiger partial charge in [0.05, 0.1) is 22.9 Å². The summed E-state index contributed by atoms with van der Waals surface area (Å²) in [6.45, 7) is 4.35. The standard InChI is InChI=1S/C18H17Cl2N3O2S/c1-3-25-14-4-5-15-16(9-14)23-18(22-15)26-10(2)17(24)21-13-7-11(19)6-12(20)8-13/h4-10H,3H2,1-2H3,(H,21,24)(H,22,23). The lowest BCUT2D eigenvalue weighted by Crippen LogP contribution is -2.22. The number of hydrogen-bond acceptors (Lipinski definition) is 4. The van der Waals surface area contributed by atoms with Crippen LogP contribution < -0.4 is 10.1 Å². The molecule has 0 aliphatic rings. The van der Waals surface area contributed by atoms with Crippen LogP contribution in [0, 0.1) is 0 Å². The van der Waals surface area contributed by atoms with Crippen LogP contribution in [-0.4, -0.2) is 27.7 Å². The fourth-order valence-electron chi connectivity index (χ4n) is 2.37. The van der Waals surface area contributed by atoms with E-state index in [1.54, 1.807) is 18.2 Å². The molecule has 0 saturated heterocycles. The van der Waals surface area contributed by atoms with Gasteiger partial charge in [0.15, 0.2) is 5.16 Å². The van der Waals surface area contributed by atoms with Gasteiger partial charge in [-0.15, -0.1) is 0 Å². The van der Waals surface area contributed by atoms with Crippen LogP contribution in [0.15, 0.2) is 41.6 Å². The second-order valence-corrected chi connectivity index (χ2v) is 7.76. The van der Waals surface area contributed by atoms with Crippen LogP contribution in [0.3, 0.4) is 0 Å². The third kappa shape index (κ3) is 4.63. The third-order valence-electron chi connectivity index (χ3n) is 3.53. The predicted molar refractivity (Wildman–Crippen MR) is 108 cm³/mol. The van der Waals surface area contributed by atoms with E-state index in [-0.39, 0.29) is 11.2 Å². The molecule has 0 saturated carbocycles. The number of amides is 1. The predicted octanol–water partition coefficient (Wildman–Crippen LogP) is 5.39. The summed E-state index contributed by atoms with van der Waals surface area (Å²) in [5, 5.41) is 4.05. The maximum absolute atomic E-state index is 12.4. The summed E-state index contributed by atoms with van der Waals surface area (Å²) in [6.07, 6.45) is 0. The summed E-state index contributed by atoms with van der Waals surface area (Å²) in [4.78, 5) is 20.1. The number of fused-ring (bicyclic) bond motifs is 1. The first-order valence-corrected chi connectivity index (χ1v) is 9.64. The van der Waals surface area contributed by atoms with Gasteiger partial charge < -0.3 is 15.0 Å². The van der Waals surface area contributed by atoms with E-state index < -0.39 is 0 Å². The Bertz CT molecular complexity index is 925. The number of nitrogens with one attached hydrogen (secondary N) is 2. The second kappa shape index (κ2) is 8.20. The number of thioether (sulfide) groups is 1. The van der Waals surface area contributed by atoms with Crippen molar-refractivity contribution >= 4 is 57.6 Å². The van der Waals surface area contributed by atoms with Crippen molar-refractivity contribution in [3.63, 3.8) is 0 Å². The molecule has 0 radical (unpaired) electrons. The summed E-state index contributed by atoms with van der Waals surface area (Å²) < 4.78 is 5.49. The summed E-state index contributed by atoms with van der Waals surface area (Å²) in [6, 6.07) is 10.6. The Balaban J connectivity index is 1.69. The maximum atomic E-state index is 12.4. The van der Waals surface area contributed by atoms with Crippen molar-refractivity contribution in [2.24, 2.45) is 0 Å². The first-order valence-electron chi connectivity index (χ1n) is 8.01. The molecule has 3 aromatic rings. The van der Waals surface area contributed by atoms with Gasteiger partial charge in [0.2, 0.25) is 5.91 Å². The van der Waals surface area contributed by atoms with E-state index in [4.69, 9.17) is 27.9 Å². The zero-order chi connectivity index (χ0) is 18.7. The van der Waals surface area contributed by atoms with E-state index in [0.717, 1.165) is 16.8 Å². The largest absolute Gasteiger partial charge is 0.494 e. The van der Waals surface area contributed by atoms with Gasteiger partial charge in [0, 0.05) is 21.8 Å². The molecule has 1 atom stereocenters. The van der Waals surface area contributed by atoms with Crippen LogP contribution in [0.25, 0.3) is 11.0 Å². The number of halogens is 2. The smallest absolute Gasteiger partial charge is 0.237 e. The summed E-state index contributed by atoms with van der Waals surface area (Å²) in [5.41, 5.74) is 2.25. The molecule has 0 fully saturated rings. The Morgan fingerprint density at radius 3 is 2.69 bits per heavy atom. The normalized spacial score (nSPS) is 12.2. The van der Waals surface area contributed by atoms with Crippen molar-refractivity contribution in [3.05, 3.63) is 46.4 Å². The molecule has 2 aromatic carbocycles. The minimum absolute atomic E-state index is 0.163. The van der Waals surface area contributed by atoms with Gasteiger partial charge in [-0.25, -0.2) is 4.98 Å². The van der Waals surface area contributed by atoms with E-state index in [9.17, 15) is 4.79 Å². The van der Waals surface area contributed by atoms with Crippen LogP contribution in [0.5, 0.6) is 5.75 Å². The number of carbonyl (C=O) groups is 1. The minimum atomic E-state index is -0.361. The number of ether oxygens (including phenoxy) is 1. The lowest BCUT2D eigenvalue weighted by Gasteiger charge is -2.11. The van der Waals surface area contributed by atoms with Crippen molar-refractivity contribution in [2.75, 3.05) is 11.9 Å². The molecule has 5 nitrogen and oxygen atoms in total. The Hall–Kier alpha value is -1.89. The molecule has 1 aromatic heterocycles. The SMILES string of the molecule is CCOc1ccc2nc(SC(C)C(=O)Nc3cc(Cl)cc(Cl)c3)[nH]c2c1. The number of anilines is 1. The lowest BCUT2D eigenvalue weighted by molar-refractivity contribution is -0.115. The summed E-state index contributed by atoms with van der Waals surface area (Å²) in [7, 11) is 0. The van der Waals surface area contributed by atoms with Crippen molar-refractivity contribution < 1.29 is 9.53 Å². The highest BCUT2D eigenvalue weighted by Crippen LogP contribution is 2.27. The first kappa shape index (κ1) is 18.9. The molecule has 0 aliphatic carbocycles. The van der Waals surface area contributed by atoms with E-state index >= 15 is 0 Å². The molecular formula is C18H17Cl2N3O2S. The zero-order valence-electron chi connectivity index (χ0n) is 14.2. The number of benzene rings is 2. The quantitative estimate of drug-likeness (QED) is 0.535. The molecular weight excluding hydrogens is 393 g/mol. The van der Waals surface area contributed by atoms with Crippen molar-refractivity contribution in [3.8, 4) is 5.75 Å². The fraction of sp³-hybridized carbons (Fsp3) is 0.222. The van der Waals surface area contributed by atoms with Crippen molar-refractivity contribution in [2.45, 2.75) is 24.3 Å². The Kier molecular flexibility index (Phi) is 5.96. The van der Waals surface area contributed by atoms with Crippen LogP contribution in [0.4, 0.5) is 5.69 Å². The average molecular weight is 410 g/mol. The number of hydrogen-bond donors (Lipinski definition) is 2. The number of carbonyl (C=O) groups excluding carboxylic acids is 1. The van der Waals surface area contributed by atoms with Crippen LogP contribution >= 0.6 is 35.0 Å². The lowest BCUT2D eigenvalue weighted by atomic mass is 10.3. The fourth-order valence-corrected chi connectivity index (χ4v) is 3.72. The van der Waals surface area contributed by atoms with E-state index in [1.165, 1.54) is 11.8 Å². The molecule has 0 bridgehead atoms. The summed E-state index contributed by atoms with van der Waals surface area (Å²) in [5.74, 6) is 0.618. The highest BCUT2D eigenvalue weighted by atomic mass is 35.5.